The lowest BCUT2D eigenvalue weighted by atomic mass is 10.2. The minimum Gasteiger partial charge on any atom is -0.448 e. The van der Waals surface area contributed by atoms with Gasteiger partial charge in [0.05, 0.1) is 9.80 Å². The number of carbonyl (C=O) groups excluding carboxylic acids is 1. The number of hydrogen-bond donors (Lipinski definition) is 0. The summed E-state index contributed by atoms with van der Waals surface area (Å²) >= 11 is 5.14. The van der Waals surface area contributed by atoms with Crippen molar-refractivity contribution >= 4 is 32.9 Å². The topological polar surface area (TPSA) is 60.4 Å². The van der Waals surface area contributed by atoms with Gasteiger partial charge in [-0.15, -0.1) is 0 Å². The van der Waals surface area contributed by atoms with E-state index in [-0.39, 0.29) is 9.80 Å². The average Bonchev–Trinajstić information content (AvgIpc) is 2.53. The molecule has 22 heavy (non-hydrogen) atoms. The highest BCUT2D eigenvalue weighted by Gasteiger charge is 2.21. The van der Waals surface area contributed by atoms with E-state index in [0.717, 1.165) is 0 Å². The minimum atomic E-state index is -3.77. The van der Waals surface area contributed by atoms with Gasteiger partial charge in [-0.3, -0.25) is 0 Å². The number of halogens is 1. The predicted molar refractivity (Wildman–Crippen MR) is 85.2 cm³/mol. The van der Waals surface area contributed by atoms with Crippen LogP contribution in [0.2, 0.25) is 0 Å². The van der Waals surface area contributed by atoms with E-state index in [1.807, 2.05) is 6.07 Å². The number of carbonyl (C=O) groups is 1. The van der Waals surface area contributed by atoms with Crippen molar-refractivity contribution in [3.8, 4) is 0 Å². The molecular weight excluding hydrogens is 324 g/mol. The number of hydrogen-bond acceptors (Lipinski definition) is 4. The van der Waals surface area contributed by atoms with Crippen LogP contribution in [0.4, 0.5) is 4.79 Å². The Morgan fingerprint density at radius 3 is 2.09 bits per heavy atom. The molecule has 0 saturated carbocycles. The molecule has 0 aliphatic heterocycles. The summed E-state index contributed by atoms with van der Waals surface area (Å²) in [5.41, 5.74) is -0.371. The molecule has 0 aliphatic rings. The summed E-state index contributed by atoms with van der Waals surface area (Å²) in [5, 5.41) is 0. The van der Waals surface area contributed by atoms with Gasteiger partial charge >= 0.3 is 5.43 Å². The van der Waals surface area contributed by atoms with Crippen molar-refractivity contribution in [2.45, 2.75) is 4.90 Å². The van der Waals surface area contributed by atoms with Crippen molar-refractivity contribution in [1.29, 1.82) is 0 Å². The molecule has 0 bridgehead atoms. The third-order valence-corrected chi connectivity index (χ3v) is 4.78. The van der Waals surface area contributed by atoms with E-state index in [1.54, 1.807) is 42.5 Å². The molecule has 114 valence electrons. The second kappa shape index (κ2) is 7.24. The summed E-state index contributed by atoms with van der Waals surface area (Å²) in [4.78, 5) is 10.9. The lowest BCUT2D eigenvalue weighted by Gasteiger charge is -2.09. The largest absolute Gasteiger partial charge is 0.448 e. The fourth-order valence-electron chi connectivity index (χ4n) is 1.81. The summed E-state index contributed by atoms with van der Waals surface area (Å²) < 4.78 is 30.0. The van der Waals surface area contributed by atoms with Crippen molar-refractivity contribution in [2.75, 3.05) is 6.61 Å². The Bertz CT molecular complexity index is 768. The highest BCUT2D eigenvalue weighted by Crippen LogP contribution is 2.22. The van der Waals surface area contributed by atoms with E-state index in [9.17, 15) is 13.2 Å². The van der Waals surface area contributed by atoms with Gasteiger partial charge in [-0.25, -0.2) is 13.2 Å². The standard InChI is InChI=1S/C16H13ClO4S/c17-16(18)21-12-15(11-13-7-3-1-4-8-13)22(19,20)14-9-5-2-6-10-14/h1-11H,12H2/b15-11+. The smallest absolute Gasteiger partial charge is 0.404 e. The number of sulfone groups is 1. The molecule has 0 N–H and O–H groups in total. The number of benzene rings is 2. The van der Waals surface area contributed by atoms with Crippen LogP contribution in [0.5, 0.6) is 0 Å². The van der Waals surface area contributed by atoms with Crippen LogP contribution in [0.15, 0.2) is 70.5 Å². The summed E-state index contributed by atoms with van der Waals surface area (Å²) in [7, 11) is -3.77. The maximum Gasteiger partial charge on any atom is 0.404 e. The third-order valence-electron chi connectivity index (χ3n) is 2.85. The Balaban J connectivity index is 2.44. The molecule has 2 rings (SSSR count). The fourth-order valence-corrected chi connectivity index (χ4v) is 3.19. The molecule has 0 spiro atoms. The van der Waals surface area contributed by atoms with Crippen LogP contribution in [-0.4, -0.2) is 20.5 Å². The SMILES string of the molecule is O=C(Cl)OC/C(=C\c1ccccc1)S(=O)(=O)c1ccccc1. The fraction of sp³-hybridized carbons (Fsp3) is 0.0625. The van der Waals surface area contributed by atoms with Gasteiger partial charge in [0.25, 0.3) is 0 Å². The van der Waals surface area contributed by atoms with Crippen LogP contribution in [-0.2, 0) is 14.6 Å². The zero-order chi connectivity index (χ0) is 16.0. The van der Waals surface area contributed by atoms with Crippen LogP contribution in [0.1, 0.15) is 5.56 Å². The quantitative estimate of drug-likeness (QED) is 0.777. The van der Waals surface area contributed by atoms with Gasteiger partial charge in [0, 0.05) is 11.6 Å². The molecule has 0 heterocycles. The molecule has 0 saturated heterocycles. The van der Waals surface area contributed by atoms with E-state index >= 15 is 0 Å². The van der Waals surface area contributed by atoms with Gasteiger partial charge in [0.2, 0.25) is 9.84 Å². The Labute approximate surface area is 133 Å². The van der Waals surface area contributed by atoms with E-state index < -0.39 is 21.9 Å². The third kappa shape index (κ3) is 4.19. The van der Waals surface area contributed by atoms with Crippen LogP contribution in [0.3, 0.4) is 0 Å². The van der Waals surface area contributed by atoms with Crippen LogP contribution >= 0.6 is 11.6 Å². The van der Waals surface area contributed by atoms with Crippen LogP contribution < -0.4 is 0 Å². The molecule has 0 amide bonds. The Morgan fingerprint density at radius 1 is 1.00 bits per heavy atom. The molecule has 2 aromatic carbocycles. The highest BCUT2D eigenvalue weighted by atomic mass is 35.5. The maximum absolute atomic E-state index is 12.6. The molecule has 0 unspecified atom stereocenters. The van der Waals surface area contributed by atoms with Crippen molar-refractivity contribution in [1.82, 2.24) is 0 Å². The molecule has 0 atom stereocenters. The van der Waals surface area contributed by atoms with Gasteiger partial charge in [0.15, 0.2) is 0 Å². The van der Waals surface area contributed by atoms with Gasteiger partial charge in [-0.05, 0) is 23.8 Å². The Hall–Kier alpha value is -2.11. The van der Waals surface area contributed by atoms with Crippen molar-refractivity contribution in [3.63, 3.8) is 0 Å². The molecule has 6 heteroatoms. The summed E-state index contributed by atoms with van der Waals surface area (Å²) in [5.74, 6) is 0. The van der Waals surface area contributed by atoms with Gasteiger partial charge in [-0.1, -0.05) is 48.5 Å². The van der Waals surface area contributed by atoms with E-state index in [2.05, 4.69) is 4.74 Å². The lowest BCUT2D eigenvalue weighted by molar-refractivity contribution is 0.185. The molecule has 0 aliphatic carbocycles. The van der Waals surface area contributed by atoms with Gasteiger partial charge in [0.1, 0.15) is 6.61 Å². The number of ether oxygens (including phenoxy) is 1. The summed E-state index contributed by atoms with van der Waals surface area (Å²) in [6, 6.07) is 16.8. The molecular formula is C16H13ClO4S. The highest BCUT2D eigenvalue weighted by molar-refractivity contribution is 7.95. The zero-order valence-corrected chi connectivity index (χ0v) is 13.0. The summed E-state index contributed by atoms with van der Waals surface area (Å²) in [6.45, 7) is -0.422. The normalized spacial score (nSPS) is 12.0. The van der Waals surface area contributed by atoms with E-state index in [4.69, 9.17) is 11.6 Å². The average molecular weight is 337 g/mol. The van der Waals surface area contributed by atoms with Crippen LogP contribution in [0.25, 0.3) is 6.08 Å². The first-order valence-electron chi connectivity index (χ1n) is 6.38. The second-order valence-electron chi connectivity index (χ2n) is 4.36. The molecule has 0 fully saturated rings. The first kappa shape index (κ1) is 16.3. The number of rotatable bonds is 5. The van der Waals surface area contributed by atoms with Gasteiger partial charge in [-0.2, -0.15) is 0 Å². The van der Waals surface area contributed by atoms with E-state index in [1.165, 1.54) is 18.2 Å². The molecule has 2 aromatic rings. The van der Waals surface area contributed by atoms with Crippen LogP contribution in [0, 0.1) is 0 Å². The monoisotopic (exact) mass is 336 g/mol. The van der Waals surface area contributed by atoms with Crippen molar-refractivity contribution < 1.29 is 17.9 Å². The minimum absolute atomic E-state index is 0.0427. The van der Waals surface area contributed by atoms with Crippen molar-refractivity contribution in [2.24, 2.45) is 0 Å². The van der Waals surface area contributed by atoms with Crippen molar-refractivity contribution in [3.05, 3.63) is 71.1 Å². The lowest BCUT2D eigenvalue weighted by Crippen LogP contribution is -2.11. The second-order valence-corrected chi connectivity index (χ2v) is 6.68. The van der Waals surface area contributed by atoms with Gasteiger partial charge < -0.3 is 4.74 Å². The molecule has 0 aromatic heterocycles. The molecule has 0 radical (unpaired) electrons. The zero-order valence-electron chi connectivity index (χ0n) is 11.5. The maximum atomic E-state index is 12.6. The Kier molecular flexibility index (Phi) is 5.35. The first-order valence-corrected chi connectivity index (χ1v) is 8.24. The Morgan fingerprint density at radius 2 is 1.55 bits per heavy atom. The summed E-state index contributed by atoms with van der Waals surface area (Å²) in [6.07, 6.45) is 1.46. The first-order chi connectivity index (χ1) is 10.5. The predicted octanol–water partition coefficient (Wildman–Crippen LogP) is 3.88. The van der Waals surface area contributed by atoms with E-state index in [0.29, 0.717) is 5.56 Å². The molecule has 4 nitrogen and oxygen atoms in total.